The molecule has 2 rings (SSSR count). The fraction of sp³-hybridized carbons (Fsp3) is 0.278. The van der Waals surface area contributed by atoms with Gasteiger partial charge in [-0.1, -0.05) is 30.3 Å². The van der Waals surface area contributed by atoms with Crippen LogP contribution < -0.4 is 5.32 Å². The molecule has 0 radical (unpaired) electrons. The summed E-state index contributed by atoms with van der Waals surface area (Å²) < 4.78 is 5.67. The van der Waals surface area contributed by atoms with Gasteiger partial charge in [0.25, 0.3) is 5.91 Å². The summed E-state index contributed by atoms with van der Waals surface area (Å²) in [5, 5.41) is 2.83. The maximum absolute atomic E-state index is 11.9. The lowest BCUT2D eigenvalue weighted by Gasteiger charge is -2.14. The molecule has 0 fully saturated rings. The van der Waals surface area contributed by atoms with Crippen molar-refractivity contribution in [2.24, 2.45) is 0 Å². The molecule has 1 heterocycles. The van der Waals surface area contributed by atoms with Crippen molar-refractivity contribution in [3.05, 3.63) is 64.4 Å². The largest absolute Gasteiger partial charge is 0.452 e. The molecule has 0 saturated heterocycles. The van der Waals surface area contributed by atoms with Crippen molar-refractivity contribution in [1.82, 2.24) is 10.3 Å². The highest BCUT2D eigenvalue weighted by atomic mass is 79.9. The molecule has 1 aromatic heterocycles. The summed E-state index contributed by atoms with van der Waals surface area (Å²) in [6.07, 6.45) is 4.66. The molecule has 1 amide bonds. The molecule has 5 nitrogen and oxygen atoms in total. The number of carbonyl (C=O) groups excluding carboxylic acids is 2. The number of amides is 1. The molecule has 0 bridgehead atoms. The molecule has 0 aliphatic rings. The van der Waals surface area contributed by atoms with Crippen LogP contribution in [0, 0.1) is 0 Å². The predicted octanol–water partition coefficient (Wildman–Crippen LogP) is 3.14. The summed E-state index contributed by atoms with van der Waals surface area (Å²) in [6.45, 7) is 1.63. The average molecular weight is 391 g/mol. The monoisotopic (exact) mass is 390 g/mol. The number of ether oxygens (including phenoxy) is 1. The number of benzene rings is 1. The van der Waals surface area contributed by atoms with E-state index in [0.717, 1.165) is 12.8 Å². The van der Waals surface area contributed by atoms with Crippen molar-refractivity contribution in [2.75, 3.05) is 6.61 Å². The van der Waals surface area contributed by atoms with Gasteiger partial charge in [-0.2, -0.15) is 0 Å². The van der Waals surface area contributed by atoms with Crippen LogP contribution in [0.4, 0.5) is 0 Å². The summed E-state index contributed by atoms with van der Waals surface area (Å²) in [5.41, 5.74) is 1.53. The minimum atomic E-state index is -0.573. The molecular weight excluding hydrogens is 372 g/mol. The topological polar surface area (TPSA) is 68.3 Å². The third kappa shape index (κ3) is 6.12. The highest BCUT2D eigenvalue weighted by Crippen LogP contribution is 2.10. The molecule has 1 aromatic carbocycles. The molecule has 1 N–H and O–H groups in total. The minimum Gasteiger partial charge on any atom is -0.452 e. The maximum Gasteiger partial charge on any atom is 0.340 e. The second-order valence-electron chi connectivity index (χ2n) is 5.46. The van der Waals surface area contributed by atoms with Crippen molar-refractivity contribution < 1.29 is 14.3 Å². The Morgan fingerprint density at radius 2 is 2.00 bits per heavy atom. The smallest absolute Gasteiger partial charge is 0.340 e. The van der Waals surface area contributed by atoms with E-state index in [4.69, 9.17) is 4.74 Å². The van der Waals surface area contributed by atoms with Crippen molar-refractivity contribution >= 4 is 27.8 Å². The minimum absolute atomic E-state index is 0.00365. The molecule has 24 heavy (non-hydrogen) atoms. The Kier molecular flexibility index (Phi) is 6.93. The van der Waals surface area contributed by atoms with E-state index in [-0.39, 0.29) is 18.6 Å². The number of aryl methyl sites for hydroxylation is 1. The first-order chi connectivity index (χ1) is 11.5. The number of esters is 1. The number of carbonyl (C=O) groups is 2. The highest BCUT2D eigenvalue weighted by Gasteiger charge is 2.12. The highest BCUT2D eigenvalue weighted by molar-refractivity contribution is 9.10. The fourth-order valence-electron chi connectivity index (χ4n) is 2.15. The van der Waals surface area contributed by atoms with Gasteiger partial charge < -0.3 is 10.1 Å². The summed E-state index contributed by atoms with van der Waals surface area (Å²) in [4.78, 5) is 27.6. The molecule has 2 aromatic rings. The van der Waals surface area contributed by atoms with Crippen LogP contribution in [0.2, 0.25) is 0 Å². The van der Waals surface area contributed by atoms with E-state index < -0.39 is 5.97 Å². The van der Waals surface area contributed by atoms with Crippen molar-refractivity contribution in [2.45, 2.75) is 25.8 Å². The average Bonchev–Trinajstić information content (AvgIpc) is 2.59. The van der Waals surface area contributed by atoms with Crippen LogP contribution in [0.5, 0.6) is 0 Å². The number of pyridine rings is 1. The Hall–Kier alpha value is -2.21. The van der Waals surface area contributed by atoms with Gasteiger partial charge in [0, 0.05) is 22.9 Å². The van der Waals surface area contributed by atoms with Gasteiger partial charge in [-0.15, -0.1) is 0 Å². The Bertz CT molecular complexity index is 692. The van der Waals surface area contributed by atoms with E-state index in [1.54, 1.807) is 12.3 Å². The van der Waals surface area contributed by atoms with Gasteiger partial charge in [0.2, 0.25) is 0 Å². The number of hydrogen-bond acceptors (Lipinski definition) is 4. The lowest BCUT2D eigenvalue weighted by molar-refractivity contribution is -0.124. The second kappa shape index (κ2) is 9.17. The molecule has 1 unspecified atom stereocenters. The Balaban J connectivity index is 1.71. The molecular formula is C18H19BrN2O3. The lowest BCUT2D eigenvalue weighted by atomic mass is 10.1. The van der Waals surface area contributed by atoms with Crippen molar-refractivity contribution in [1.29, 1.82) is 0 Å². The van der Waals surface area contributed by atoms with E-state index in [1.807, 2.05) is 25.1 Å². The SMILES string of the molecule is CC(CCc1ccccc1)NC(=O)COC(=O)c1cncc(Br)c1. The second-order valence-corrected chi connectivity index (χ2v) is 6.38. The van der Waals surface area contributed by atoms with Crippen LogP contribution in [0.3, 0.4) is 0 Å². The van der Waals surface area contributed by atoms with E-state index in [1.165, 1.54) is 11.8 Å². The van der Waals surface area contributed by atoms with Gasteiger partial charge in [-0.25, -0.2) is 4.79 Å². The molecule has 1 atom stereocenters. The zero-order valence-corrected chi connectivity index (χ0v) is 15.0. The Morgan fingerprint density at radius 1 is 1.25 bits per heavy atom. The third-order valence-electron chi connectivity index (χ3n) is 3.39. The van der Waals surface area contributed by atoms with Gasteiger partial charge >= 0.3 is 5.97 Å². The zero-order valence-electron chi connectivity index (χ0n) is 13.4. The van der Waals surface area contributed by atoms with E-state index in [9.17, 15) is 9.59 Å². The number of nitrogens with zero attached hydrogens (tertiary/aromatic N) is 1. The summed E-state index contributed by atoms with van der Waals surface area (Å²) >= 11 is 3.23. The number of halogens is 1. The van der Waals surface area contributed by atoms with Gasteiger partial charge in [0.1, 0.15) is 0 Å². The molecule has 0 aliphatic carbocycles. The normalized spacial score (nSPS) is 11.6. The van der Waals surface area contributed by atoms with Crippen LogP contribution >= 0.6 is 15.9 Å². The summed E-state index contributed by atoms with van der Waals surface area (Å²) in [6, 6.07) is 11.7. The fourth-order valence-corrected chi connectivity index (χ4v) is 2.52. The van der Waals surface area contributed by atoms with E-state index in [0.29, 0.717) is 10.0 Å². The standard InChI is InChI=1S/C18H19BrN2O3/c1-13(7-8-14-5-3-2-4-6-14)21-17(22)12-24-18(23)15-9-16(19)11-20-10-15/h2-6,9-11,13H,7-8,12H2,1H3,(H,21,22). The van der Waals surface area contributed by atoms with Crippen LogP contribution in [-0.4, -0.2) is 29.5 Å². The van der Waals surface area contributed by atoms with Crippen LogP contribution in [0.1, 0.15) is 29.3 Å². The van der Waals surface area contributed by atoms with Crippen LogP contribution in [0.25, 0.3) is 0 Å². The molecule has 0 spiro atoms. The maximum atomic E-state index is 11.9. The van der Waals surface area contributed by atoms with E-state index >= 15 is 0 Å². The summed E-state index contributed by atoms with van der Waals surface area (Å²) in [5.74, 6) is -0.886. The molecule has 0 saturated carbocycles. The first-order valence-electron chi connectivity index (χ1n) is 7.65. The van der Waals surface area contributed by atoms with Crippen molar-refractivity contribution in [3.63, 3.8) is 0 Å². The first kappa shape index (κ1) is 18.1. The van der Waals surface area contributed by atoms with Crippen LogP contribution in [0.15, 0.2) is 53.3 Å². The predicted molar refractivity (Wildman–Crippen MR) is 94.6 cm³/mol. The molecule has 6 heteroatoms. The third-order valence-corrected chi connectivity index (χ3v) is 3.82. The first-order valence-corrected chi connectivity index (χ1v) is 8.45. The number of hydrogen-bond donors (Lipinski definition) is 1. The zero-order chi connectivity index (χ0) is 17.4. The molecule has 126 valence electrons. The number of nitrogens with one attached hydrogen (secondary N) is 1. The van der Waals surface area contributed by atoms with Gasteiger partial charge in [-0.3, -0.25) is 9.78 Å². The van der Waals surface area contributed by atoms with Gasteiger partial charge in [0.05, 0.1) is 5.56 Å². The van der Waals surface area contributed by atoms with Crippen molar-refractivity contribution in [3.8, 4) is 0 Å². The summed E-state index contributed by atoms with van der Waals surface area (Å²) in [7, 11) is 0. The lowest BCUT2D eigenvalue weighted by Crippen LogP contribution is -2.36. The van der Waals surface area contributed by atoms with Crippen LogP contribution in [-0.2, 0) is 16.0 Å². The van der Waals surface area contributed by atoms with Gasteiger partial charge in [0.15, 0.2) is 6.61 Å². The quantitative estimate of drug-likeness (QED) is 0.737. The van der Waals surface area contributed by atoms with E-state index in [2.05, 4.69) is 38.4 Å². The number of rotatable bonds is 7. The molecule has 0 aliphatic heterocycles. The Morgan fingerprint density at radius 3 is 2.71 bits per heavy atom. The Labute approximate surface area is 149 Å². The van der Waals surface area contributed by atoms with Gasteiger partial charge in [-0.05, 0) is 47.3 Å². The number of aromatic nitrogens is 1.